The van der Waals surface area contributed by atoms with Crippen LogP contribution in [0.5, 0.6) is 0 Å². The van der Waals surface area contributed by atoms with E-state index in [1.165, 1.54) is 0 Å². The third kappa shape index (κ3) is 4.57. The molecular formula is C22H29N3O4. The molecule has 0 fully saturated rings. The number of esters is 1. The topological polar surface area (TPSA) is 104 Å². The first-order valence-corrected chi connectivity index (χ1v) is 9.99. The van der Waals surface area contributed by atoms with Crippen LogP contribution in [0.3, 0.4) is 0 Å². The van der Waals surface area contributed by atoms with Crippen LogP contribution in [0.15, 0.2) is 47.1 Å². The van der Waals surface area contributed by atoms with Crippen molar-refractivity contribution < 1.29 is 19.1 Å². The van der Waals surface area contributed by atoms with E-state index < -0.39 is 11.9 Å². The highest BCUT2D eigenvalue weighted by molar-refractivity contribution is 6.04. The Labute approximate surface area is 171 Å². The van der Waals surface area contributed by atoms with Crippen molar-refractivity contribution in [1.82, 2.24) is 10.3 Å². The highest BCUT2D eigenvalue weighted by atomic mass is 16.5. The first kappa shape index (κ1) is 21.2. The molecule has 1 aliphatic carbocycles. The van der Waals surface area contributed by atoms with Crippen LogP contribution in [-0.2, 0) is 19.1 Å². The Bertz CT molecular complexity index is 843. The van der Waals surface area contributed by atoms with Crippen molar-refractivity contribution in [1.29, 1.82) is 0 Å². The maximum atomic E-state index is 13.2. The van der Waals surface area contributed by atoms with Gasteiger partial charge in [0.15, 0.2) is 5.78 Å². The van der Waals surface area contributed by atoms with Crippen molar-refractivity contribution in [2.24, 2.45) is 11.1 Å². The van der Waals surface area contributed by atoms with Gasteiger partial charge < -0.3 is 20.5 Å². The minimum atomic E-state index is -0.529. The largest absolute Gasteiger partial charge is 0.463 e. The molecular weight excluding hydrogens is 370 g/mol. The molecule has 1 aromatic rings. The first-order valence-electron chi connectivity index (χ1n) is 9.99. The Hall–Kier alpha value is -2.51. The molecule has 3 N–H and O–H groups in total. The van der Waals surface area contributed by atoms with Crippen molar-refractivity contribution in [3.63, 3.8) is 0 Å². The summed E-state index contributed by atoms with van der Waals surface area (Å²) in [5.41, 5.74) is 8.68. The van der Waals surface area contributed by atoms with Gasteiger partial charge in [0.2, 0.25) is 0 Å². The van der Waals surface area contributed by atoms with E-state index in [1.807, 2.05) is 12.1 Å². The summed E-state index contributed by atoms with van der Waals surface area (Å²) in [6.45, 7) is 7.09. The number of carbonyl (C=O) groups is 2. The van der Waals surface area contributed by atoms with Crippen LogP contribution in [0.2, 0.25) is 0 Å². The van der Waals surface area contributed by atoms with Crippen LogP contribution in [0.4, 0.5) is 0 Å². The summed E-state index contributed by atoms with van der Waals surface area (Å²) in [5, 5.41) is 3.34. The molecule has 0 amide bonds. The number of aromatic nitrogens is 1. The number of dihydropyridines is 1. The molecule has 0 radical (unpaired) electrons. The van der Waals surface area contributed by atoms with Gasteiger partial charge in [-0.05, 0) is 30.4 Å². The van der Waals surface area contributed by atoms with Crippen LogP contribution in [0, 0.1) is 5.41 Å². The molecule has 1 atom stereocenters. The molecule has 1 aliphatic heterocycles. The molecule has 7 nitrogen and oxygen atoms in total. The van der Waals surface area contributed by atoms with Gasteiger partial charge in [-0.3, -0.25) is 9.78 Å². The highest BCUT2D eigenvalue weighted by Gasteiger charge is 2.43. The number of hydrogen-bond acceptors (Lipinski definition) is 7. The molecule has 1 aromatic heterocycles. The fraction of sp³-hybridized carbons (Fsp3) is 0.500. The fourth-order valence-corrected chi connectivity index (χ4v) is 4.05. The van der Waals surface area contributed by atoms with E-state index in [9.17, 15) is 9.59 Å². The Morgan fingerprint density at radius 2 is 2.17 bits per heavy atom. The van der Waals surface area contributed by atoms with Gasteiger partial charge in [-0.1, -0.05) is 19.9 Å². The van der Waals surface area contributed by atoms with Crippen molar-refractivity contribution in [2.75, 3.05) is 26.4 Å². The quantitative estimate of drug-likeness (QED) is 0.535. The number of ketones is 1. The summed E-state index contributed by atoms with van der Waals surface area (Å²) >= 11 is 0. The van der Waals surface area contributed by atoms with Crippen molar-refractivity contribution in [3.05, 3.63) is 52.6 Å². The summed E-state index contributed by atoms with van der Waals surface area (Å²) in [6.07, 6.45) is 4.51. The number of rotatable bonds is 7. The Morgan fingerprint density at radius 3 is 2.83 bits per heavy atom. The third-order valence-electron chi connectivity index (χ3n) is 5.15. The van der Waals surface area contributed by atoms with E-state index >= 15 is 0 Å². The second kappa shape index (κ2) is 8.88. The molecule has 0 aromatic carbocycles. The molecule has 0 spiro atoms. The van der Waals surface area contributed by atoms with Gasteiger partial charge in [-0.2, -0.15) is 0 Å². The lowest BCUT2D eigenvalue weighted by Gasteiger charge is -2.39. The van der Waals surface area contributed by atoms with E-state index in [1.54, 1.807) is 19.3 Å². The standard InChI is InChI=1S/C22H29N3O4/c1-4-29-21(27)20-16(13-28-9-7-23)25-15-10-22(2,3)11-17(26)19(15)18(20)14-6-5-8-24-12-14/h5-6,8,12,18,25H,4,7,9-11,13,23H2,1-3H3. The van der Waals surface area contributed by atoms with Crippen molar-refractivity contribution in [2.45, 2.75) is 39.5 Å². The van der Waals surface area contributed by atoms with Crippen LogP contribution >= 0.6 is 0 Å². The van der Waals surface area contributed by atoms with E-state index in [2.05, 4.69) is 24.1 Å². The summed E-state index contributed by atoms with van der Waals surface area (Å²) in [5.74, 6) is -0.940. The van der Waals surface area contributed by atoms with E-state index in [0.29, 0.717) is 42.8 Å². The van der Waals surface area contributed by atoms with E-state index in [0.717, 1.165) is 11.3 Å². The van der Waals surface area contributed by atoms with E-state index in [-0.39, 0.29) is 24.4 Å². The lowest BCUT2D eigenvalue weighted by atomic mass is 9.69. The average molecular weight is 399 g/mol. The van der Waals surface area contributed by atoms with Crippen LogP contribution < -0.4 is 11.1 Å². The smallest absolute Gasteiger partial charge is 0.336 e. The lowest BCUT2D eigenvalue weighted by Crippen LogP contribution is -2.40. The Balaban J connectivity index is 2.14. The molecule has 7 heteroatoms. The second-order valence-electron chi connectivity index (χ2n) is 8.13. The SMILES string of the molecule is CCOC(=O)C1=C(COCCN)NC2=C(C(=O)CC(C)(C)C2)C1c1cccnc1. The van der Waals surface area contributed by atoms with Gasteiger partial charge in [0, 0.05) is 42.5 Å². The number of ether oxygens (including phenoxy) is 2. The second-order valence-corrected chi connectivity index (χ2v) is 8.13. The molecule has 2 aliphatic rings. The zero-order chi connectivity index (χ0) is 21.0. The predicted molar refractivity (Wildman–Crippen MR) is 109 cm³/mol. The number of pyridine rings is 1. The molecule has 156 valence electrons. The van der Waals surface area contributed by atoms with Gasteiger partial charge in [0.1, 0.15) is 0 Å². The Morgan fingerprint density at radius 1 is 1.38 bits per heavy atom. The molecule has 0 bridgehead atoms. The maximum Gasteiger partial charge on any atom is 0.336 e. The molecule has 2 heterocycles. The first-order chi connectivity index (χ1) is 13.9. The number of nitrogens with two attached hydrogens (primary N) is 1. The van der Waals surface area contributed by atoms with Crippen molar-refractivity contribution in [3.8, 4) is 0 Å². The number of nitrogens with one attached hydrogen (secondary N) is 1. The van der Waals surface area contributed by atoms with Crippen LogP contribution in [-0.4, -0.2) is 43.1 Å². The third-order valence-corrected chi connectivity index (χ3v) is 5.15. The molecule has 0 saturated heterocycles. The van der Waals surface area contributed by atoms with Gasteiger partial charge in [0.05, 0.1) is 31.1 Å². The van der Waals surface area contributed by atoms with Crippen LogP contribution in [0.25, 0.3) is 0 Å². The van der Waals surface area contributed by atoms with Gasteiger partial charge in [0.25, 0.3) is 0 Å². The fourth-order valence-electron chi connectivity index (χ4n) is 4.05. The minimum Gasteiger partial charge on any atom is -0.463 e. The van der Waals surface area contributed by atoms with Gasteiger partial charge in [-0.25, -0.2) is 4.79 Å². The van der Waals surface area contributed by atoms with Gasteiger partial charge in [-0.15, -0.1) is 0 Å². The monoisotopic (exact) mass is 399 g/mol. The highest BCUT2D eigenvalue weighted by Crippen LogP contribution is 2.46. The summed E-state index contributed by atoms with van der Waals surface area (Å²) < 4.78 is 11.0. The van der Waals surface area contributed by atoms with Crippen molar-refractivity contribution >= 4 is 11.8 Å². The molecule has 1 unspecified atom stereocenters. The minimum absolute atomic E-state index is 0.0429. The van der Waals surface area contributed by atoms with E-state index in [4.69, 9.17) is 15.2 Å². The summed E-state index contributed by atoms with van der Waals surface area (Å²) in [6, 6.07) is 3.69. The normalized spacial score (nSPS) is 21.0. The zero-order valence-electron chi connectivity index (χ0n) is 17.3. The maximum absolute atomic E-state index is 13.2. The Kier molecular flexibility index (Phi) is 6.49. The summed E-state index contributed by atoms with van der Waals surface area (Å²) in [4.78, 5) is 30.4. The average Bonchev–Trinajstić information content (AvgIpc) is 2.67. The van der Waals surface area contributed by atoms with Gasteiger partial charge >= 0.3 is 5.97 Å². The number of hydrogen-bond donors (Lipinski definition) is 2. The number of nitrogens with zero attached hydrogens (tertiary/aromatic N) is 1. The number of allylic oxidation sites excluding steroid dienone is 2. The number of Topliss-reactive ketones (excluding diaryl/α,β-unsaturated/α-hetero) is 1. The zero-order valence-corrected chi connectivity index (χ0v) is 17.3. The lowest BCUT2D eigenvalue weighted by molar-refractivity contribution is -0.139. The molecule has 0 saturated carbocycles. The predicted octanol–water partition coefficient (Wildman–Crippen LogP) is 2.20. The molecule has 29 heavy (non-hydrogen) atoms. The van der Waals surface area contributed by atoms with Crippen LogP contribution in [0.1, 0.15) is 45.1 Å². The molecule has 3 rings (SSSR count). The summed E-state index contributed by atoms with van der Waals surface area (Å²) in [7, 11) is 0. The number of carbonyl (C=O) groups excluding carboxylic acids is 2.